The van der Waals surface area contributed by atoms with E-state index in [0.717, 1.165) is 19.5 Å². The van der Waals surface area contributed by atoms with Crippen molar-refractivity contribution in [3.63, 3.8) is 0 Å². The van der Waals surface area contributed by atoms with Gasteiger partial charge in [-0.3, -0.25) is 0 Å². The maximum Gasteiger partial charge on any atom is 0.0446 e. The normalized spacial score (nSPS) is 29.6. The van der Waals surface area contributed by atoms with Gasteiger partial charge in [-0.15, -0.1) is 0 Å². The van der Waals surface area contributed by atoms with Crippen LogP contribution in [0.4, 0.5) is 0 Å². The van der Waals surface area contributed by atoms with E-state index in [0.29, 0.717) is 6.04 Å². The van der Waals surface area contributed by atoms with Crippen molar-refractivity contribution in [2.75, 3.05) is 13.1 Å². The van der Waals surface area contributed by atoms with Gasteiger partial charge in [0.05, 0.1) is 0 Å². The van der Waals surface area contributed by atoms with E-state index in [4.69, 9.17) is 0 Å². The Kier molecular flexibility index (Phi) is 2.49. The molecule has 1 heterocycles. The molecule has 2 nitrogen and oxygen atoms in total. The maximum absolute atomic E-state index is 4.05. The van der Waals surface area contributed by atoms with E-state index in [-0.39, 0.29) is 0 Å². The number of nitrogens with one attached hydrogen (secondary N) is 1. The lowest BCUT2D eigenvalue weighted by Crippen LogP contribution is -2.21. The van der Waals surface area contributed by atoms with Crippen LogP contribution in [0.2, 0.25) is 0 Å². The highest BCUT2D eigenvalue weighted by atomic mass is 32.2. The third kappa shape index (κ3) is 1.55. The first kappa shape index (κ1) is 6.74. The van der Waals surface area contributed by atoms with Gasteiger partial charge in [-0.25, -0.2) is 0 Å². The topological polar surface area (TPSA) is 15.3 Å². The summed E-state index contributed by atoms with van der Waals surface area (Å²) in [7, 11) is 0. The lowest BCUT2D eigenvalue weighted by Gasteiger charge is -2.13. The predicted octanol–water partition coefficient (Wildman–Crippen LogP) is 0.340. The molecule has 8 heavy (non-hydrogen) atoms. The van der Waals surface area contributed by atoms with Crippen LogP contribution >= 0.6 is 25.6 Å². The van der Waals surface area contributed by atoms with Crippen LogP contribution < -0.4 is 5.32 Å². The van der Waals surface area contributed by atoms with Crippen LogP contribution in [0.1, 0.15) is 6.42 Å². The molecule has 1 rings (SSSR count). The minimum absolute atomic E-state index is 0.515. The third-order valence-electron chi connectivity index (χ3n) is 1.36. The second-order valence-corrected chi connectivity index (χ2v) is 3.14. The second-order valence-electron chi connectivity index (χ2n) is 1.97. The van der Waals surface area contributed by atoms with E-state index in [2.05, 4.69) is 30.9 Å². The summed E-state index contributed by atoms with van der Waals surface area (Å²) in [6.07, 6.45) is 1.16. The highest BCUT2D eigenvalue weighted by Crippen LogP contribution is 2.11. The van der Waals surface area contributed by atoms with Gasteiger partial charge in [-0.2, -0.15) is 3.71 Å². The third-order valence-corrected chi connectivity index (χ3v) is 2.01. The molecule has 1 N–H and O–H groups in total. The Morgan fingerprint density at radius 3 is 2.50 bits per heavy atom. The molecule has 0 bridgehead atoms. The number of hydrogen-bond donors (Lipinski definition) is 3. The van der Waals surface area contributed by atoms with Crippen molar-refractivity contribution < 1.29 is 0 Å². The largest absolute Gasteiger partial charge is 0.315 e. The molecule has 1 saturated heterocycles. The smallest absolute Gasteiger partial charge is 0.0446 e. The molecule has 0 aromatic carbocycles. The summed E-state index contributed by atoms with van der Waals surface area (Å²) in [5.74, 6) is 0. The number of hydrogen-bond acceptors (Lipinski definition) is 4. The Morgan fingerprint density at radius 2 is 2.25 bits per heavy atom. The first-order chi connectivity index (χ1) is 3.80. The summed E-state index contributed by atoms with van der Waals surface area (Å²) in [6.45, 7) is 2.12. The van der Waals surface area contributed by atoms with Crippen LogP contribution in [-0.2, 0) is 0 Å². The van der Waals surface area contributed by atoms with Crippen molar-refractivity contribution in [1.82, 2.24) is 9.03 Å². The fourth-order valence-corrected chi connectivity index (χ4v) is 1.23. The fourth-order valence-electron chi connectivity index (χ4n) is 0.837. The van der Waals surface area contributed by atoms with E-state index < -0.39 is 0 Å². The van der Waals surface area contributed by atoms with E-state index in [1.165, 1.54) is 0 Å². The summed E-state index contributed by atoms with van der Waals surface area (Å²) < 4.78 is 1.67. The predicted molar refractivity (Wildman–Crippen MR) is 41.1 cm³/mol. The molecule has 1 atom stereocenters. The number of rotatable bonds is 1. The fraction of sp³-hybridized carbons (Fsp3) is 1.00. The minimum Gasteiger partial charge on any atom is -0.315 e. The molecule has 0 saturated carbocycles. The Labute approximate surface area is 60.7 Å². The maximum atomic E-state index is 4.05. The van der Waals surface area contributed by atoms with Crippen LogP contribution in [0, 0.1) is 0 Å². The summed E-state index contributed by atoms with van der Waals surface area (Å²) in [5, 5.41) is 3.21. The average Bonchev–Trinajstić information content (AvgIpc) is 2.12. The van der Waals surface area contributed by atoms with Crippen LogP contribution in [0.25, 0.3) is 0 Å². The van der Waals surface area contributed by atoms with Crippen molar-refractivity contribution in [3.8, 4) is 0 Å². The van der Waals surface area contributed by atoms with Crippen molar-refractivity contribution >= 4 is 25.6 Å². The molecule has 0 aromatic heterocycles. The Bertz CT molecular complexity index is 70.4. The van der Waals surface area contributed by atoms with Crippen molar-refractivity contribution in [2.24, 2.45) is 0 Å². The molecule has 0 spiro atoms. The van der Waals surface area contributed by atoms with Gasteiger partial charge in [0.15, 0.2) is 0 Å². The standard InChI is InChI=1S/C4H10N2S2/c7-6(8)4-1-2-5-3-4/h4-5,7-8H,1-3H2/t4-/m0/s1. The zero-order chi connectivity index (χ0) is 5.98. The zero-order valence-electron chi connectivity index (χ0n) is 4.54. The molecule has 0 aromatic rings. The Balaban J connectivity index is 2.24. The molecule has 4 heteroatoms. The first-order valence-corrected chi connectivity index (χ1v) is 3.48. The summed E-state index contributed by atoms with van der Waals surface area (Å²) in [6, 6.07) is 0.515. The number of thiol groups is 2. The van der Waals surface area contributed by atoms with Gasteiger partial charge in [0.25, 0.3) is 0 Å². The Morgan fingerprint density at radius 1 is 1.50 bits per heavy atom. The molecular formula is C4H10N2S2. The van der Waals surface area contributed by atoms with Gasteiger partial charge in [0.2, 0.25) is 0 Å². The average molecular weight is 150 g/mol. The van der Waals surface area contributed by atoms with Crippen LogP contribution in [-0.4, -0.2) is 22.8 Å². The zero-order valence-corrected chi connectivity index (χ0v) is 6.33. The molecule has 48 valence electrons. The number of nitrogens with zero attached hydrogens (tertiary/aromatic N) is 1. The highest BCUT2D eigenvalue weighted by molar-refractivity contribution is 7.93. The summed E-state index contributed by atoms with van der Waals surface area (Å²) >= 11 is 8.10. The van der Waals surface area contributed by atoms with Crippen molar-refractivity contribution in [2.45, 2.75) is 12.5 Å². The van der Waals surface area contributed by atoms with Gasteiger partial charge in [-0.1, -0.05) is 25.6 Å². The quantitative estimate of drug-likeness (QED) is 0.467. The molecule has 1 fully saturated rings. The van der Waals surface area contributed by atoms with E-state index >= 15 is 0 Å². The van der Waals surface area contributed by atoms with Crippen LogP contribution in [0.15, 0.2) is 0 Å². The van der Waals surface area contributed by atoms with Gasteiger partial charge in [0, 0.05) is 12.6 Å². The molecule has 1 aliphatic rings. The molecule has 1 aliphatic heterocycles. The van der Waals surface area contributed by atoms with Crippen LogP contribution in [0.3, 0.4) is 0 Å². The van der Waals surface area contributed by atoms with Gasteiger partial charge >= 0.3 is 0 Å². The summed E-state index contributed by atoms with van der Waals surface area (Å²) in [5.41, 5.74) is 0. The molecular weight excluding hydrogens is 140 g/mol. The molecule has 0 radical (unpaired) electrons. The van der Waals surface area contributed by atoms with Crippen LogP contribution in [0.5, 0.6) is 0 Å². The Hall–Kier alpha value is 0.620. The molecule has 0 amide bonds. The summed E-state index contributed by atoms with van der Waals surface area (Å²) in [4.78, 5) is 0. The minimum atomic E-state index is 0.515. The first-order valence-electron chi connectivity index (χ1n) is 2.68. The van der Waals surface area contributed by atoms with Crippen molar-refractivity contribution in [1.29, 1.82) is 0 Å². The van der Waals surface area contributed by atoms with E-state index in [1.807, 2.05) is 0 Å². The SMILES string of the molecule is SN(S)[C@H]1CCNC1. The second kappa shape index (κ2) is 2.96. The van der Waals surface area contributed by atoms with Gasteiger partial charge in [-0.05, 0) is 13.0 Å². The lowest BCUT2D eigenvalue weighted by molar-refractivity contribution is 0.560. The molecule has 0 aliphatic carbocycles. The van der Waals surface area contributed by atoms with Gasteiger partial charge < -0.3 is 5.32 Å². The highest BCUT2D eigenvalue weighted by Gasteiger charge is 2.16. The van der Waals surface area contributed by atoms with E-state index in [1.54, 1.807) is 3.71 Å². The van der Waals surface area contributed by atoms with Crippen molar-refractivity contribution in [3.05, 3.63) is 0 Å². The van der Waals surface area contributed by atoms with E-state index in [9.17, 15) is 0 Å². The monoisotopic (exact) mass is 150 g/mol. The lowest BCUT2D eigenvalue weighted by atomic mass is 10.3. The molecule has 0 unspecified atom stereocenters. The van der Waals surface area contributed by atoms with Gasteiger partial charge in [0.1, 0.15) is 0 Å².